The first-order valence-corrected chi connectivity index (χ1v) is 17.6. The molecule has 55 heavy (non-hydrogen) atoms. The molecule has 4 aromatic carbocycles. The van der Waals surface area contributed by atoms with Gasteiger partial charge in [0.1, 0.15) is 34.4 Å². The Labute approximate surface area is 323 Å². The Bertz CT molecular complexity index is 2170. The average Bonchev–Trinajstić information content (AvgIpc) is 3.13. The van der Waals surface area contributed by atoms with E-state index in [1.165, 1.54) is 13.8 Å². The van der Waals surface area contributed by atoms with E-state index in [4.69, 9.17) is 11.8 Å². The van der Waals surface area contributed by atoms with Crippen LogP contribution in [0.5, 0.6) is 11.5 Å². The van der Waals surface area contributed by atoms with Crippen molar-refractivity contribution < 1.29 is 72.2 Å². The summed E-state index contributed by atoms with van der Waals surface area (Å²) in [7, 11) is -8.45. The fraction of sp³-hybridized carbons (Fsp3) is 0.0625. The molecule has 0 aliphatic rings. The monoisotopic (exact) mass is 843 g/mol. The summed E-state index contributed by atoms with van der Waals surface area (Å²) in [5.41, 5.74) is -0.484. The number of anilines is 2. The maximum absolute atomic E-state index is 12.3. The molecular weight excluding hydrogens is 811 g/mol. The fourth-order valence-corrected chi connectivity index (χ4v) is 4.99. The number of nitrogens with one attached hydrogen (secondary N) is 2. The minimum atomic E-state index is -4.23. The maximum atomic E-state index is 12.3. The largest absolute Gasteiger partial charge is 0.510 e. The number of nitrogens with zero attached hydrogens (tertiary/aromatic N) is 4. The molecule has 0 bridgehead atoms. The van der Waals surface area contributed by atoms with Crippen LogP contribution < -0.4 is 22.4 Å². The molecule has 0 unspecified atom stereocenters. The molecule has 0 saturated heterocycles. The van der Waals surface area contributed by atoms with E-state index in [2.05, 4.69) is 39.7 Å². The van der Waals surface area contributed by atoms with E-state index < -0.39 is 66.5 Å². The quantitative estimate of drug-likeness (QED) is 0.0404. The summed E-state index contributed by atoms with van der Waals surface area (Å²) in [5.74, 6) is 6.23. The number of para-hydroxylation sites is 2. The van der Waals surface area contributed by atoms with Crippen molar-refractivity contribution >= 4 is 54.8 Å². The Balaban J connectivity index is 0.000000373. The number of azo groups is 2. The summed E-state index contributed by atoms with van der Waals surface area (Å²) in [6, 6.07) is 22.9. The molecule has 4 aromatic rings. The van der Waals surface area contributed by atoms with Gasteiger partial charge in [-0.1, -0.05) is 36.4 Å². The van der Waals surface area contributed by atoms with Crippen molar-refractivity contribution in [2.24, 2.45) is 32.3 Å². The predicted octanol–water partition coefficient (Wildman–Crippen LogP) is 4.96. The van der Waals surface area contributed by atoms with Crippen molar-refractivity contribution in [1.29, 1.82) is 0 Å². The number of benzene rings is 4. The standard InChI is InChI=1S/2C16H16N4O6S.Co/c2*1-10(21)15(16(23)18-11-5-3-2-4-6-11)20-19-13-9-12(7-8-14(13)22)27(24,25)26-17;/h2*2-9,21-22H,17H2,1H3,(H,18,23);/b15-10-,20-19?;;. The molecule has 20 nitrogen and oxygen atoms in total. The second kappa shape index (κ2) is 20.4. The fourth-order valence-electron chi connectivity index (χ4n) is 3.78. The number of aliphatic hydroxyl groups is 2. The third-order valence-electron chi connectivity index (χ3n) is 6.42. The third kappa shape index (κ3) is 13.1. The SMILES string of the molecule is C/C(O)=C(/N=Nc1cc(S(=O)(=O)ON)ccc1O)C(=O)Nc1ccccc1.CC(O)=C(N=Nc1cc(S(=O)(=O)ON)ccc1O)C(=O)Nc1ccccc1.[Co]. The molecule has 0 atom stereocenters. The zero-order valence-corrected chi connectivity index (χ0v) is 31.1. The van der Waals surface area contributed by atoms with Crippen LogP contribution in [0.3, 0.4) is 0 Å². The van der Waals surface area contributed by atoms with Crippen molar-refractivity contribution in [1.82, 2.24) is 0 Å². The first kappa shape index (κ1) is 45.1. The molecule has 1 radical (unpaired) electrons. The predicted molar refractivity (Wildman–Crippen MR) is 191 cm³/mol. The Morgan fingerprint density at radius 3 is 1.22 bits per heavy atom. The van der Waals surface area contributed by atoms with Crippen LogP contribution in [0.25, 0.3) is 0 Å². The summed E-state index contributed by atoms with van der Waals surface area (Å²) in [6.45, 7) is 2.45. The second-order valence-corrected chi connectivity index (χ2v) is 13.5. The van der Waals surface area contributed by atoms with Gasteiger partial charge in [0.05, 0.1) is 9.79 Å². The molecule has 4 rings (SSSR count). The van der Waals surface area contributed by atoms with Gasteiger partial charge in [0.25, 0.3) is 11.8 Å². The first-order valence-electron chi connectivity index (χ1n) is 14.8. The van der Waals surface area contributed by atoms with Gasteiger partial charge in [0.15, 0.2) is 11.4 Å². The molecule has 0 saturated carbocycles. The smallest absolute Gasteiger partial charge is 0.312 e. The van der Waals surface area contributed by atoms with Gasteiger partial charge in [-0.05, 0) is 74.5 Å². The minimum Gasteiger partial charge on any atom is -0.510 e. The van der Waals surface area contributed by atoms with E-state index in [-0.39, 0.29) is 37.9 Å². The Kier molecular flexibility index (Phi) is 16.7. The van der Waals surface area contributed by atoms with Crippen LogP contribution in [0.15, 0.2) is 150 Å². The zero-order valence-electron chi connectivity index (χ0n) is 28.4. The Morgan fingerprint density at radius 2 is 0.927 bits per heavy atom. The van der Waals surface area contributed by atoms with Gasteiger partial charge in [-0.2, -0.15) is 37.2 Å². The number of aliphatic hydroxyl groups excluding tert-OH is 2. The zero-order chi connectivity index (χ0) is 40.1. The molecule has 0 heterocycles. The number of amides is 2. The Hall–Kier alpha value is -6.05. The number of allylic oxidation sites excluding steroid dienone is 2. The van der Waals surface area contributed by atoms with Crippen molar-refractivity contribution in [3.63, 3.8) is 0 Å². The molecule has 0 spiro atoms. The van der Waals surface area contributed by atoms with E-state index in [0.717, 1.165) is 36.4 Å². The number of rotatable bonds is 12. The van der Waals surface area contributed by atoms with E-state index in [9.17, 15) is 46.9 Å². The van der Waals surface area contributed by atoms with Crippen molar-refractivity contribution in [3.05, 3.63) is 120 Å². The van der Waals surface area contributed by atoms with Gasteiger partial charge < -0.3 is 31.1 Å². The number of carbonyl (C=O) groups is 2. The minimum absolute atomic E-state index is 0. The van der Waals surface area contributed by atoms with Crippen LogP contribution in [0.2, 0.25) is 0 Å². The molecular formula is C32H32CoN8O12S2. The molecule has 0 aliphatic carbocycles. The van der Waals surface area contributed by atoms with Gasteiger partial charge >= 0.3 is 20.2 Å². The molecule has 2 amide bonds. The van der Waals surface area contributed by atoms with Crippen LogP contribution in [-0.2, 0) is 55.2 Å². The van der Waals surface area contributed by atoms with Crippen molar-refractivity contribution in [2.75, 3.05) is 10.6 Å². The molecule has 0 fully saturated rings. The number of phenols is 2. The molecule has 0 aliphatic heterocycles. The molecule has 23 heteroatoms. The summed E-state index contributed by atoms with van der Waals surface area (Å²) in [6.07, 6.45) is 0. The van der Waals surface area contributed by atoms with Gasteiger partial charge in [-0.15, -0.1) is 20.5 Å². The number of hydrogen-bond acceptors (Lipinski definition) is 18. The van der Waals surface area contributed by atoms with E-state index in [1.54, 1.807) is 60.7 Å². The average molecular weight is 844 g/mol. The van der Waals surface area contributed by atoms with E-state index in [1.807, 2.05) is 0 Å². The molecule has 10 N–H and O–H groups in total. The maximum Gasteiger partial charge on any atom is 0.312 e. The van der Waals surface area contributed by atoms with Gasteiger partial charge in [0.2, 0.25) is 0 Å². The van der Waals surface area contributed by atoms with Crippen molar-refractivity contribution in [2.45, 2.75) is 23.6 Å². The van der Waals surface area contributed by atoms with E-state index >= 15 is 0 Å². The summed E-state index contributed by atoms with van der Waals surface area (Å²) in [5, 5.41) is 58.5. The molecule has 0 aromatic heterocycles. The number of nitrogens with two attached hydrogens (primary N) is 2. The summed E-state index contributed by atoms with van der Waals surface area (Å²) < 4.78 is 54.2. The van der Waals surface area contributed by atoms with E-state index in [0.29, 0.717) is 11.4 Å². The van der Waals surface area contributed by atoms with Gasteiger partial charge in [-0.25, -0.2) is 0 Å². The van der Waals surface area contributed by atoms with Crippen LogP contribution in [-0.4, -0.2) is 49.1 Å². The number of aromatic hydroxyl groups is 2. The van der Waals surface area contributed by atoms with Crippen molar-refractivity contribution in [3.8, 4) is 11.5 Å². The topological polar surface area (TPSA) is 327 Å². The number of phenolic OH excluding ortho intramolecular Hbond substituents is 2. The second-order valence-electron chi connectivity index (χ2n) is 10.3. The first-order chi connectivity index (χ1) is 25.5. The summed E-state index contributed by atoms with van der Waals surface area (Å²) >= 11 is 0. The van der Waals surface area contributed by atoms with Crippen LogP contribution in [0.1, 0.15) is 13.8 Å². The van der Waals surface area contributed by atoms with Crippen LogP contribution in [0, 0.1) is 0 Å². The Morgan fingerprint density at radius 1 is 0.600 bits per heavy atom. The number of hydrogen-bond donors (Lipinski definition) is 8. The third-order valence-corrected chi connectivity index (χ3v) is 8.59. The van der Waals surface area contributed by atoms with Crippen LogP contribution in [0.4, 0.5) is 22.7 Å². The molecule has 293 valence electrons. The normalized spacial score (nSPS) is 12.4. The summed E-state index contributed by atoms with van der Waals surface area (Å²) in [4.78, 5) is 23.8. The van der Waals surface area contributed by atoms with Crippen LogP contribution >= 0.6 is 0 Å². The van der Waals surface area contributed by atoms with Gasteiger partial charge in [-0.3, -0.25) is 9.59 Å². The van der Waals surface area contributed by atoms with Gasteiger partial charge in [0, 0.05) is 28.2 Å². The number of carbonyl (C=O) groups excluding carboxylic acids is 2.